The maximum Gasteiger partial charge on any atom is 0.303 e. The summed E-state index contributed by atoms with van der Waals surface area (Å²) in [7, 11) is 0. The van der Waals surface area contributed by atoms with Crippen molar-refractivity contribution in [2.24, 2.45) is 5.16 Å². The van der Waals surface area contributed by atoms with Crippen molar-refractivity contribution in [3.05, 3.63) is 65.5 Å². The molecule has 0 fully saturated rings. The average Bonchev–Trinajstić information content (AvgIpc) is 2.56. The third-order valence-corrected chi connectivity index (χ3v) is 3.26. The van der Waals surface area contributed by atoms with Gasteiger partial charge in [-0.2, -0.15) is 0 Å². The Morgan fingerprint density at radius 1 is 1.04 bits per heavy atom. The summed E-state index contributed by atoms with van der Waals surface area (Å²) in [5.74, 6) is -1.94. The first-order valence-electron chi connectivity index (χ1n) is 7.09. The zero-order valence-corrected chi connectivity index (χ0v) is 12.6. The van der Waals surface area contributed by atoms with E-state index in [0.29, 0.717) is 11.3 Å². The highest BCUT2D eigenvalue weighted by molar-refractivity contribution is 6.05. The third kappa shape index (κ3) is 4.64. The molecule has 0 heterocycles. The second-order valence-electron chi connectivity index (χ2n) is 4.98. The average molecular weight is 330 g/mol. The van der Waals surface area contributed by atoms with Gasteiger partial charge in [0.15, 0.2) is 0 Å². The molecule has 0 saturated heterocycles. The summed E-state index contributed by atoms with van der Waals surface area (Å²) in [6, 6.07) is 11.7. The summed E-state index contributed by atoms with van der Waals surface area (Å²) < 4.78 is 13.1. The molecule has 0 aliphatic heterocycles. The van der Waals surface area contributed by atoms with E-state index in [9.17, 15) is 14.0 Å². The quantitative estimate of drug-likeness (QED) is 0.430. The molecule has 124 valence electrons. The Morgan fingerprint density at radius 2 is 1.75 bits per heavy atom. The normalized spacial score (nSPS) is 11.1. The first-order valence-corrected chi connectivity index (χ1v) is 7.09. The van der Waals surface area contributed by atoms with Crippen molar-refractivity contribution < 1.29 is 24.3 Å². The van der Waals surface area contributed by atoms with Gasteiger partial charge in [0.1, 0.15) is 5.82 Å². The molecule has 0 bridgehead atoms. The first-order chi connectivity index (χ1) is 11.5. The fraction of sp³-hybridized carbons (Fsp3) is 0.118. The molecule has 0 unspecified atom stereocenters. The van der Waals surface area contributed by atoms with Crippen LogP contribution in [0.15, 0.2) is 53.7 Å². The lowest BCUT2D eigenvalue weighted by Crippen LogP contribution is -2.12. The molecule has 0 saturated carbocycles. The van der Waals surface area contributed by atoms with Crippen LogP contribution in [-0.2, 0) is 4.79 Å². The number of nitrogens with zero attached hydrogens (tertiary/aromatic N) is 1. The smallest absolute Gasteiger partial charge is 0.303 e. The van der Waals surface area contributed by atoms with E-state index in [1.54, 1.807) is 24.3 Å². The van der Waals surface area contributed by atoms with Gasteiger partial charge in [0, 0.05) is 17.7 Å². The van der Waals surface area contributed by atoms with Crippen molar-refractivity contribution in [1.82, 2.24) is 0 Å². The zero-order chi connectivity index (χ0) is 17.5. The van der Waals surface area contributed by atoms with Gasteiger partial charge in [-0.1, -0.05) is 23.4 Å². The van der Waals surface area contributed by atoms with Gasteiger partial charge in [0.05, 0.1) is 12.1 Å². The van der Waals surface area contributed by atoms with Crippen molar-refractivity contribution in [3.8, 4) is 0 Å². The molecule has 1 amide bonds. The summed E-state index contributed by atoms with van der Waals surface area (Å²) in [5, 5.41) is 23.4. The fourth-order valence-electron chi connectivity index (χ4n) is 2.06. The highest BCUT2D eigenvalue weighted by atomic mass is 19.1. The molecule has 2 aromatic rings. The molecule has 0 aliphatic carbocycles. The number of rotatable bonds is 6. The van der Waals surface area contributed by atoms with Gasteiger partial charge in [-0.25, -0.2) is 4.39 Å². The number of carbonyl (C=O) groups is 2. The number of anilines is 1. The van der Waals surface area contributed by atoms with Crippen molar-refractivity contribution in [2.75, 3.05) is 5.32 Å². The summed E-state index contributed by atoms with van der Waals surface area (Å²) in [5.41, 5.74) is 1.45. The number of amides is 1. The summed E-state index contributed by atoms with van der Waals surface area (Å²) in [6.07, 6.45) is -0.0711. The number of halogens is 1. The van der Waals surface area contributed by atoms with Gasteiger partial charge >= 0.3 is 5.97 Å². The first kappa shape index (κ1) is 17.1. The second kappa shape index (κ2) is 7.87. The Balaban J connectivity index is 2.06. The topological polar surface area (TPSA) is 99.0 Å². The monoisotopic (exact) mass is 330 g/mol. The Labute approximate surface area is 137 Å². The number of hydrogen-bond donors (Lipinski definition) is 3. The van der Waals surface area contributed by atoms with Crippen molar-refractivity contribution >= 4 is 23.3 Å². The lowest BCUT2D eigenvalue weighted by Gasteiger charge is -2.07. The van der Waals surface area contributed by atoms with Crippen LogP contribution in [0.25, 0.3) is 0 Å². The molecule has 24 heavy (non-hydrogen) atoms. The van der Waals surface area contributed by atoms with Crippen LogP contribution in [-0.4, -0.2) is 27.9 Å². The van der Waals surface area contributed by atoms with Crippen LogP contribution in [0.3, 0.4) is 0 Å². The van der Waals surface area contributed by atoms with Crippen LogP contribution in [0.5, 0.6) is 0 Å². The molecule has 0 aliphatic rings. The Kier molecular flexibility index (Phi) is 5.62. The summed E-state index contributed by atoms with van der Waals surface area (Å²) in [6.45, 7) is 0. The highest BCUT2D eigenvalue weighted by Gasteiger charge is 2.10. The zero-order valence-electron chi connectivity index (χ0n) is 12.6. The van der Waals surface area contributed by atoms with Gasteiger partial charge in [0.2, 0.25) is 0 Å². The van der Waals surface area contributed by atoms with E-state index in [0.717, 1.165) is 6.07 Å². The Bertz CT molecular complexity index is 772. The molecule has 6 nitrogen and oxygen atoms in total. The third-order valence-electron chi connectivity index (χ3n) is 3.26. The van der Waals surface area contributed by atoms with E-state index < -0.39 is 17.7 Å². The van der Waals surface area contributed by atoms with Crippen molar-refractivity contribution in [2.45, 2.75) is 12.8 Å². The van der Waals surface area contributed by atoms with Crippen LogP contribution in [0.1, 0.15) is 28.8 Å². The van der Waals surface area contributed by atoms with Gasteiger partial charge in [-0.05, 0) is 35.9 Å². The fourth-order valence-corrected chi connectivity index (χ4v) is 2.06. The number of nitrogens with one attached hydrogen (secondary N) is 1. The number of carbonyl (C=O) groups excluding carboxylic acids is 1. The minimum atomic E-state index is -0.991. The second-order valence-corrected chi connectivity index (χ2v) is 4.98. The maximum atomic E-state index is 13.1. The molecule has 2 aromatic carbocycles. The van der Waals surface area contributed by atoms with Crippen LogP contribution in [0.2, 0.25) is 0 Å². The highest BCUT2D eigenvalue weighted by Crippen LogP contribution is 2.14. The van der Waals surface area contributed by atoms with Gasteiger partial charge in [-0.3, -0.25) is 9.59 Å². The van der Waals surface area contributed by atoms with Crippen molar-refractivity contribution in [1.29, 1.82) is 0 Å². The standard InChI is InChI=1S/C17H15FN2O4/c18-13-3-1-2-12(10-13)17(23)19-14-6-4-11(5-7-14)15(20-24)8-9-16(21)22/h1-7,10,24H,8-9H2,(H,19,23)(H,21,22). The van der Waals surface area contributed by atoms with E-state index in [4.69, 9.17) is 10.3 Å². The number of oxime groups is 1. The molecule has 0 atom stereocenters. The Morgan fingerprint density at radius 3 is 2.33 bits per heavy atom. The molecular formula is C17H15FN2O4. The Hall–Kier alpha value is -3.22. The van der Waals surface area contributed by atoms with E-state index in [-0.39, 0.29) is 24.1 Å². The largest absolute Gasteiger partial charge is 0.481 e. The number of carboxylic acid groups (broad SMARTS) is 1. The lowest BCUT2D eigenvalue weighted by atomic mass is 10.1. The predicted octanol–water partition coefficient (Wildman–Crippen LogP) is 3.12. The lowest BCUT2D eigenvalue weighted by molar-refractivity contribution is -0.136. The summed E-state index contributed by atoms with van der Waals surface area (Å²) >= 11 is 0. The van der Waals surface area contributed by atoms with Crippen LogP contribution in [0, 0.1) is 5.82 Å². The van der Waals surface area contributed by atoms with Gasteiger partial charge < -0.3 is 15.6 Å². The maximum absolute atomic E-state index is 13.1. The van der Waals surface area contributed by atoms with E-state index in [1.165, 1.54) is 18.2 Å². The van der Waals surface area contributed by atoms with Crippen molar-refractivity contribution in [3.63, 3.8) is 0 Å². The minimum Gasteiger partial charge on any atom is -0.481 e. The van der Waals surface area contributed by atoms with Gasteiger partial charge in [0.25, 0.3) is 5.91 Å². The molecule has 2 rings (SSSR count). The van der Waals surface area contributed by atoms with Gasteiger partial charge in [-0.15, -0.1) is 0 Å². The molecule has 7 heteroatoms. The SMILES string of the molecule is O=C(O)CCC(=NO)c1ccc(NC(=O)c2cccc(F)c2)cc1. The van der Waals surface area contributed by atoms with Crippen LogP contribution < -0.4 is 5.32 Å². The molecule has 0 radical (unpaired) electrons. The number of hydrogen-bond acceptors (Lipinski definition) is 4. The van der Waals surface area contributed by atoms with Crippen LogP contribution in [0.4, 0.5) is 10.1 Å². The van der Waals surface area contributed by atoms with Crippen LogP contribution >= 0.6 is 0 Å². The molecule has 3 N–H and O–H groups in total. The number of aliphatic carboxylic acids is 1. The minimum absolute atomic E-state index is 0.0842. The number of benzene rings is 2. The van der Waals surface area contributed by atoms with E-state index in [2.05, 4.69) is 10.5 Å². The summed E-state index contributed by atoms with van der Waals surface area (Å²) in [4.78, 5) is 22.6. The predicted molar refractivity (Wildman–Crippen MR) is 86.0 cm³/mol. The molecule has 0 spiro atoms. The number of carboxylic acids is 1. The van der Waals surface area contributed by atoms with E-state index in [1.807, 2.05) is 0 Å². The molecule has 0 aromatic heterocycles. The molecular weight excluding hydrogens is 315 g/mol. The van der Waals surface area contributed by atoms with E-state index >= 15 is 0 Å².